The number of benzene rings is 1. The van der Waals surface area contributed by atoms with Gasteiger partial charge in [0, 0.05) is 42.3 Å². The molecule has 1 heterocycles. The molecule has 0 aliphatic carbocycles. The summed E-state index contributed by atoms with van der Waals surface area (Å²) in [5.41, 5.74) is 1.90. The lowest BCUT2D eigenvalue weighted by Crippen LogP contribution is -2.51. The Bertz CT molecular complexity index is 481. The van der Waals surface area contributed by atoms with Crippen LogP contribution in [0.1, 0.15) is 36.2 Å². The van der Waals surface area contributed by atoms with Gasteiger partial charge in [-0.05, 0) is 44.0 Å². The van der Waals surface area contributed by atoms with Crippen molar-refractivity contribution in [3.05, 3.63) is 33.8 Å². The summed E-state index contributed by atoms with van der Waals surface area (Å²) in [6.45, 7) is 10.1. The zero-order valence-electron chi connectivity index (χ0n) is 12.5. The molecule has 1 fully saturated rings. The fourth-order valence-electron chi connectivity index (χ4n) is 2.58. The molecule has 3 nitrogen and oxygen atoms in total. The predicted octanol–water partition coefficient (Wildman–Crippen LogP) is 3.31. The molecule has 2 rings (SSSR count). The fraction of sp³-hybridized carbons (Fsp3) is 0.562. The van der Waals surface area contributed by atoms with Gasteiger partial charge in [-0.3, -0.25) is 9.69 Å². The van der Waals surface area contributed by atoms with E-state index in [1.165, 1.54) is 6.42 Å². The number of hydrogen-bond acceptors (Lipinski definition) is 2. The van der Waals surface area contributed by atoms with Crippen LogP contribution in [0.4, 0.5) is 0 Å². The molecular formula is C16H23BrN2O. The predicted molar refractivity (Wildman–Crippen MR) is 86.1 cm³/mol. The van der Waals surface area contributed by atoms with Crippen molar-refractivity contribution in [1.29, 1.82) is 0 Å². The van der Waals surface area contributed by atoms with Crippen molar-refractivity contribution < 1.29 is 4.79 Å². The molecule has 0 radical (unpaired) electrons. The summed E-state index contributed by atoms with van der Waals surface area (Å²) >= 11 is 3.47. The third kappa shape index (κ3) is 3.41. The molecule has 1 atom stereocenters. The second-order valence-electron chi connectivity index (χ2n) is 5.55. The summed E-state index contributed by atoms with van der Waals surface area (Å²) in [4.78, 5) is 16.9. The normalized spacial score (nSPS) is 18.1. The molecule has 110 valence electrons. The van der Waals surface area contributed by atoms with Crippen LogP contribution < -0.4 is 0 Å². The first-order valence-electron chi connectivity index (χ1n) is 7.32. The molecule has 0 aromatic heterocycles. The molecule has 0 N–H and O–H groups in total. The third-order valence-corrected chi connectivity index (χ3v) is 5.11. The molecule has 0 spiro atoms. The molecule has 1 amide bonds. The van der Waals surface area contributed by atoms with Crippen LogP contribution in [-0.2, 0) is 0 Å². The van der Waals surface area contributed by atoms with Crippen molar-refractivity contribution in [2.45, 2.75) is 33.2 Å². The number of carbonyl (C=O) groups is 1. The first-order chi connectivity index (χ1) is 9.52. The van der Waals surface area contributed by atoms with Gasteiger partial charge in [0.1, 0.15) is 0 Å². The summed E-state index contributed by atoms with van der Waals surface area (Å²) in [5.74, 6) is 0.157. The van der Waals surface area contributed by atoms with Crippen LogP contribution in [0, 0.1) is 6.92 Å². The number of halogens is 1. The Morgan fingerprint density at radius 2 is 1.95 bits per heavy atom. The van der Waals surface area contributed by atoms with E-state index >= 15 is 0 Å². The summed E-state index contributed by atoms with van der Waals surface area (Å²) in [5, 5.41) is 0. The lowest BCUT2D eigenvalue weighted by molar-refractivity contribution is 0.0579. The number of nitrogens with zero attached hydrogens (tertiary/aromatic N) is 2. The molecule has 4 heteroatoms. The monoisotopic (exact) mass is 338 g/mol. The van der Waals surface area contributed by atoms with Gasteiger partial charge in [0.25, 0.3) is 5.91 Å². The van der Waals surface area contributed by atoms with Crippen LogP contribution in [-0.4, -0.2) is 47.9 Å². The Kier molecular flexibility index (Phi) is 5.22. The quantitative estimate of drug-likeness (QED) is 0.844. The minimum absolute atomic E-state index is 0.157. The van der Waals surface area contributed by atoms with Gasteiger partial charge in [-0.2, -0.15) is 0 Å². The Labute approximate surface area is 130 Å². The first-order valence-corrected chi connectivity index (χ1v) is 8.11. The maximum atomic E-state index is 12.5. The zero-order chi connectivity index (χ0) is 14.7. The maximum absolute atomic E-state index is 12.5. The highest BCUT2D eigenvalue weighted by molar-refractivity contribution is 9.10. The average Bonchev–Trinajstić information content (AvgIpc) is 2.48. The number of aryl methyl sites for hydroxylation is 1. The lowest BCUT2D eigenvalue weighted by Gasteiger charge is -2.37. The highest BCUT2D eigenvalue weighted by atomic mass is 79.9. The number of rotatable bonds is 3. The van der Waals surface area contributed by atoms with Crippen LogP contribution in [0.15, 0.2) is 22.7 Å². The van der Waals surface area contributed by atoms with E-state index in [1.54, 1.807) is 0 Å². The molecule has 0 bridgehead atoms. The largest absolute Gasteiger partial charge is 0.336 e. The summed E-state index contributed by atoms with van der Waals surface area (Å²) < 4.78 is 1.05. The van der Waals surface area contributed by atoms with E-state index in [9.17, 15) is 4.79 Å². The Balaban J connectivity index is 1.99. The highest BCUT2D eigenvalue weighted by Crippen LogP contribution is 2.19. The Morgan fingerprint density at radius 1 is 1.30 bits per heavy atom. The van der Waals surface area contributed by atoms with Crippen LogP contribution in [0.2, 0.25) is 0 Å². The molecule has 1 aliphatic heterocycles. The standard InChI is InChI=1S/C16H23BrN2O/c1-4-13(3)18-7-9-19(10-8-18)16(20)14-5-6-15(17)12(2)11-14/h5-6,11,13H,4,7-10H2,1-3H3. The van der Waals surface area contributed by atoms with Gasteiger partial charge >= 0.3 is 0 Å². The van der Waals surface area contributed by atoms with E-state index in [-0.39, 0.29) is 5.91 Å². The van der Waals surface area contributed by atoms with Gasteiger partial charge < -0.3 is 4.90 Å². The molecule has 1 aromatic carbocycles. The number of amides is 1. The molecular weight excluding hydrogens is 316 g/mol. The summed E-state index contributed by atoms with van der Waals surface area (Å²) in [7, 11) is 0. The first kappa shape index (κ1) is 15.5. The van der Waals surface area contributed by atoms with Gasteiger partial charge in [-0.1, -0.05) is 22.9 Å². The van der Waals surface area contributed by atoms with Crippen molar-refractivity contribution in [1.82, 2.24) is 9.80 Å². The van der Waals surface area contributed by atoms with Crippen LogP contribution in [0.5, 0.6) is 0 Å². The highest BCUT2D eigenvalue weighted by Gasteiger charge is 2.24. The minimum Gasteiger partial charge on any atom is -0.336 e. The van der Waals surface area contributed by atoms with E-state index in [2.05, 4.69) is 34.7 Å². The van der Waals surface area contributed by atoms with Crippen molar-refractivity contribution in [3.8, 4) is 0 Å². The minimum atomic E-state index is 0.157. The van der Waals surface area contributed by atoms with Crippen molar-refractivity contribution >= 4 is 21.8 Å². The molecule has 1 aliphatic rings. The second kappa shape index (κ2) is 6.72. The number of carbonyl (C=O) groups excluding carboxylic acids is 1. The van der Waals surface area contributed by atoms with E-state index < -0.39 is 0 Å². The Hall–Kier alpha value is -0.870. The molecule has 0 saturated carbocycles. The van der Waals surface area contributed by atoms with Crippen molar-refractivity contribution in [2.24, 2.45) is 0 Å². The van der Waals surface area contributed by atoms with Gasteiger partial charge in [0.2, 0.25) is 0 Å². The smallest absolute Gasteiger partial charge is 0.253 e. The topological polar surface area (TPSA) is 23.6 Å². The van der Waals surface area contributed by atoms with Crippen molar-refractivity contribution in [2.75, 3.05) is 26.2 Å². The summed E-state index contributed by atoms with van der Waals surface area (Å²) in [6.07, 6.45) is 1.17. The molecule has 1 aromatic rings. The second-order valence-corrected chi connectivity index (χ2v) is 6.40. The lowest BCUT2D eigenvalue weighted by atomic mass is 10.1. The number of piperazine rings is 1. The maximum Gasteiger partial charge on any atom is 0.253 e. The van der Waals surface area contributed by atoms with E-state index in [4.69, 9.17) is 0 Å². The number of hydrogen-bond donors (Lipinski definition) is 0. The SMILES string of the molecule is CCC(C)N1CCN(C(=O)c2ccc(Br)c(C)c2)CC1. The van der Waals surface area contributed by atoms with E-state index in [1.807, 2.05) is 30.0 Å². The Morgan fingerprint density at radius 3 is 2.50 bits per heavy atom. The van der Waals surface area contributed by atoms with Gasteiger partial charge in [0.15, 0.2) is 0 Å². The zero-order valence-corrected chi connectivity index (χ0v) is 14.1. The molecule has 1 saturated heterocycles. The van der Waals surface area contributed by atoms with E-state index in [0.717, 1.165) is 41.8 Å². The van der Waals surface area contributed by atoms with E-state index in [0.29, 0.717) is 6.04 Å². The van der Waals surface area contributed by atoms with Gasteiger partial charge in [0.05, 0.1) is 0 Å². The average molecular weight is 339 g/mol. The van der Waals surface area contributed by atoms with Gasteiger partial charge in [-0.25, -0.2) is 0 Å². The van der Waals surface area contributed by atoms with Crippen molar-refractivity contribution in [3.63, 3.8) is 0 Å². The van der Waals surface area contributed by atoms with Gasteiger partial charge in [-0.15, -0.1) is 0 Å². The molecule has 1 unspecified atom stereocenters. The summed E-state index contributed by atoms with van der Waals surface area (Å²) in [6, 6.07) is 6.44. The fourth-order valence-corrected chi connectivity index (χ4v) is 2.83. The third-order valence-electron chi connectivity index (χ3n) is 4.22. The van der Waals surface area contributed by atoms with Crippen LogP contribution in [0.3, 0.4) is 0 Å². The molecule has 20 heavy (non-hydrogen) atoms. The van der Waals surface area contributed by atoms with Crippen LogP contribution >= 0.6 is 15.9 Å². The van der Waals surface area contributed by atoms with Crippen LogP contribution in [0.25, 0.3) is 0 Å².